The van der Waals surface area contributed by atoms with Crippen LogP contribution < -0.4 is 14.4 Å². The van der Waals surface area contributed by atoms with Crippen LogP contribution >= 0.6 is 0 Å². The number of pyridine rings is 1. The molecule has 2 heterocycles. The third-order valence-electron chi connectivity index (χ3n) is 5.17. The topological polar surface area (TPSA) is 54.9 Å². The van der Waals surface area contributed by atoms with Crippen LogP contribution in [0.4, 0.5) is 19.0 Å². The van der Waals surface area contributed by atoms with Crippen molar-refractivity contribution in [3.63, 3.8) is 0 Å². The Morgan fingerprint density at radius 3 is 2.64 bits per heavy atom. The molecule has 1 aromatic heterocycles. The second kappa shape index (κ2) is 10.9. The summed E-state index contributed by atoms with van der Waals surface area (Å²) in [6, 6.07) is 7.78. The monoisotopic (exact) mass is 461 g/mol. The van der Waals surface area contributed by atoms with Crippen molar-refractivity contribution < 1.29 is 27.4 Å². The fourth-order valence-corrected chi connectivity index (χ4v) is 3.44. The summed E-state index contributed by atoms with van der Waals surface area (Å²) in [7, 11) is 1.54. The number of hydrogen-bond acceptors (Lipinski definition) is 5. The van der Waals surface area contributed by atoms with Crippen molar-refractivity contribution in [2.45, 2.75) is 12.6 Å². The molecule has 1 aliphatic rings. The number of alkyl halides is 3. The molecular formula is C24H26F3N3O3. The van der Waals surface area contributed by atoms with Gasteiger partial charge in [-0.3, -0.25) is 4.79 Å². The Labute approximate surface area is 190 Å². The third kappa shape index (κ3) is 6.50. The van der Waals surface area contributed by atoms with Crippen LogP contribution in [0.3, 0.4) is 0 Å². The predicted molar refractivity (Wildman–Crippen MR) is 120 cm³/mol. The van der Waals surface area contributed by atoms with E-state index in [4.69, 9.17) is 9.47 Å². The standard InChI is InChI=1S/C24H26F3N3O3/c1-3-15-33-20-8-5-18(16-21(20)32-2)6-10-23(31)30-12-4-11-29(13-14-30)22-9-7-19(17-28-22)24(25,26)27/h3,5-10,16-17H,1,4,11-15H2,2H3/b10-6+. The van der Waals surface area contributed by atoms with Crippen molar-refractivity contribution in [3.8, 4) is 11.5 Å². The van der Waals surface area contributed by atoms with E-state index in [1.165, 1.54) is 12.1 Å². The first kappa shape index (κ1) is 24.2. The molecule has 1 aromatic carbocycles. The lowest BCUT2D eigenvalue weighted by atomic mass is 10.2. The summed E-state index contributed by atoms with van der Waals surface area (Å²) in [6.07, 6.45) is 1.97. The van der Waals surface area contributed by atoms with Gasteiger partial charge in [0.05, 0.1) is 12.7 Å². The minimum atomic E-state index is -4.41. The van der Waals surface area contributed by atoms with E-state index in [0.29, 0.717) is 56.5 Å². The first-order valence-corrected chi connectivity index (χ1v) is 10.5. The van der Waals surface area contributed by atoms with Crippen molar-refractivity contribution in [1.82, 2.24) is 9.88 Å². The van der Waals surface area contributed by atoms with E-state index in [0.717, 1.165) is 17.8 Å². The molecule has 0 spiro atoms. The van der Waals surface area contributed by atoms with Gasteiger partial charge in [0.15, 0.2) is 11.5 Å². The average molecular weight is 461 g/mol. The first-order valence-electron chi connectivity index (χ1n) is 10.5. The number of amides is 1. The maximum absolute atomic E-state index is 12.8. The zero-order chi connectivity index (χ0) is 23.8. The minimum Gasteiger partial charge on any atom is -0.493 e. The van der Waals surface area contributed by atoms with Crippen molar-refractivity contribution in [1.29, 1.82) is 0 Å². The normalized spacial score (nSPS) is 14.8. The molecule has 3 rings (SSSR count). The molecule has 176 valence electrons. The summed E-state index contributed by atoms with van der Waals surface area (Å²) < 4.78 is 49.1. The SMILES string of the molecule is C=CCOc1ccc(/C=C/C(=O)N2CCCN(c3ccc(C(F)(F)F)cn3)CC2)cc1OC. The van der Waals surface area contributed by atoms with Crippen molar-refractivity contribution >= 4 is 17.8 Å². The number of anilines is 1. The number of rotatable bonds is 7. The van der Waals surface area contributed by atoms with Crippen LogP contribution in [0, 0.1) is 0 Å². The van der Waals surface area contributed by atoms with Crippen LogP contribution in [0.25, 0.3) is 6.08 Å². The van der Waals surface area contributed by atoms with Gasteiger partial charge in [0.1, 0.15) is 12.4 Å². The number of ether oxygens (including phenoxy) is 2. The number of benzene rings is 1. The highest BCUT2D eigenvalue weighted by molar-refractivity contribution is 5.92. The molecule has 0 radical (unpaired) electrons. The quantitative estimate of drug-likeness (QED) is 0.451. The predicted octanol–water partition coefficient (Wildman–Crippen LogP) is 4.43. The van der Waals surface area contributed by atoms with Gasteiger partial charge in [-0.15, -0.1) is 0 Å². The van der Waals surface area contributed by atoms with Gasteiger partial charge >= 0.3 is 6.18 Å². The van der Waals surface area contributed by atoms with E-state index in [-0.39, 0.29) is 5.91 Å². The highest BCUT2D eigenvalue weighted by Crippen LogP contribution is 2.30. The zero-order valence-electron chi connectivity index (χ0n) is 18.3. The lowest BCUT2D eigenvalue weighted by molar-refractivity contribution is -0.137. The van der Waals surface area contributed by atoms with E-state index in [2.05, 4.69) is 11.6 Å². The second-order valence-corrected chi connectivity index (χ2v) is 7.41. The summed E-state index contributed by atoms with van der Waals surface area (Å²) in [5.74, 6) is 1.48. The number of halogens is 3. The Balaban J connectivity index is 1.60. The fourth-order valence-electron chi connectivity index (χ4n) is 3.44. The highest BCUT2D eigenvalue weighted by Gasteiger charge is 2.31. The Morgan fingerprint density at radius 1 is 1.15 bits per heavy atom. The van der Waals surface area contributed by atoms with Gasteiger partial charge in [-0.05, 0) is 42.3 Å². The molecule has 0 aliphatic carbocycles. The maximum Gasteiger partial charge on any atom is 0.417 e. The van der Waals surface area contributed by atoms with Crippen LogP contribution in [0.5, 0.6) is 11.5 Å². The second-order valence-electron chi connectivity index (χ2n) is 7.41. The number of methoxy groups -OCH3 is 1. The number of nitrogens with zero attached hydrogens (tertiary/aromatic N) is 3. The summed E-state index contributed by atoms with van der Waals surface area (Å²) >= 11 is 0. The van der Waals surface area contributed by atoms with Crippen LogP contribution in [0.1, 0.15) is 17.5 Å². The highest BCUT2D eigenvalue weighted by atomic mass is 19.4. The smallest absolute Gasteiger partial charge is 0.417 e. The van der Waals surface area contributed by atoms with Crippen molar-refractivity contribution in [3.05, 3.63) is 66.4 Å². The Kier molecular flexibility index (Phi) is 7.97. The molecule has 0 N–H and O–H groups in total. The number of carbonyl (C=O) groups is 1. The molecule has 33 heavy (non-hydrogen) atoms. The van der Waals surface area contributed by atoms with Gasteiger partial charge in [-0.2, -0.15) is 13.2 Å². The van der Waals surface area contributed by atoms with Gasteiger partial charge in [-0.25, -0.2) is 4.98 Å². The molecule has 0 saturated carbocycles. The summed E-state index contributed by atoms with van der Waals surface area (Å²) in [5.41, 5.74) is 0.0106. The fraction of sp³-hybridized carbons (Fsp3) is 0.333. The Bertz CT molecular complexity index is 991. The number of carbonyl (C=O) groups excluding carboxylic acids is 1. The molecule has 0 atom stereocenters. The molecule has 9 heteroatoms. The van der Waals surface area contributed by atoms with E-state index in [1.807, 2.05) is 11.0 Å². The van der Waals surface area contributed by atoms with Crippen molar-refractivity contribution in [2.24, 2.45) is 0 Å². The molecule has 0 unspecified atom stereocenters. The van der Waals surface area contributed by atoms with Crippen LogP contribution in [-0.4, -0.2) is 55.7 Å². The lowest BCUT2D eigenvalue weighted by Crippen LogP contribution is -2.34. The summed E-state index contributed by atoms with van der Waals surface area (Å²) in [6.45, 7) is 6.07. The van der Waals surface area contributed by atoms with Crippen molar-refractivity contribution in [2.75, 3.05) is 44.8 Å². The largest absolute Gasteiger partial charge is 0.493 e. The van der Waals surface area contributed by atoms with Gasteiger partial charge < -0.3 is 19.3 Å². The lowest BCUT2D eigenvalue weighted by Gasteiger charge is -2.22. The van der Waals surface area contributed by atoms with E-state index < -0.39 is 11.7 Å². The van der Waals surface area contributed by atoms with Gasteiger partial charge in [0, 0.05) is 38.5 Å². The molecule has 1 amide bonds. The third-order valence-corrected chi connectivity index (χ3v) is 5.17. The summed E-state index contributed by atoms with van der Waals surface area (Å²) in [5, 5.41) is 0. The molecule has 0 bridgehead atoms. The molecule has 1 saturated heterocycles. The van der Waals surface area contributed by atoms with Crippen LogP contribution in [0.2, 0.25) is 0 Å². The summed E-state index contributed by atoms with van der Waals surface area (Å²) in [4.78, 5) is 20.3. The van der Waals surface area contributed by atoms with E-state index >= 15 is 0 Å². The van der Waals surface area contributed by atoms with Gasteiger partial charge in [-0.1, -0.05) is 18.7 Å². The Morgan fingerprint density at radius 2 is 1.97 bits per heavy atom. The first-order chi connectivity index (χ1) is 15.8. The average Bonchev–Trinajstić information content (AvgIpc) is 3.07. The molecule has 1 fully saturated rings. The zero-order valence-corrected chi connectivity index (χ0v) is 18.3. The van der Waals surface area contributed by atoms with Gasteiger partial charge in [0.2, 0.25) is 5.91 Å². The van der Waals surface area contributed by atoms with E-state index in [1.54, 1.807) is 36.3 Å². The minimum absolute atomic E-state index is 0.136. The maximum atomic E-state index is 12.8. The van der Waals surface area contributed by atoms with E-state index in [9.17, 15) is 18.0 Å². The number of hydrogen-bond donors (Lipinski definition) is 0. The van der Waals surface area contributed by atoms with Crippen LogP contribution in [-0.2, 0) is 11.0 Å². The molecular weight excluding hydrogens is 435 g/mol. The Hall–Kier alpha value is -3.49. The molecule has 1 aliphatic heterocycles. The van der Waals surface area contributed by atoms with Crippen LogP contribution in [0.15, 0.2) is 55.3 Å². The molecule has 2 aromatic rings. The molecule has 6 nitrogen and oxygen atoms in total. The van der Waals surface area contributed by atoms with Gasteiger partial charge in [0.25, 0.3) is 0 Å². The number of aromatic nitrogens is 1.